The molecule has 2 fully saturated rings. The lowest BCUT2D eigenvalue weighted by Crippen LogP contribution is -2.50. The van der Waals surface area contributed by atoms with E-state index in [9.17, 15) is 4.79 Å². The number of nitrogens with two attached hydrogens (primary N) is 1. The SMILES string of the molecule is NC(=O)C(NCC1CCCO1)C1CCC1. The monoisotopic (exact) mass is 212 g/mol. The number of hydrogen-bond donors (Lipinski definition) is 2. The van der Waals surface area contributed by atoms with Gasteiger partial charge in [-0.15, -0.1) is 0 Å². The second-order valence-corrected chi connectivity index (χ2v) is 4.61. The third kappa shape index (κ3) is 2.69. The third-order valence-electron chi connectivity index (χ3n) is 3.52. The van der Waals surface area contributed by atoms with Crippen molar-refractivity contribution < 1.29 is 9.53 Å². The van der Waals surface area contributed by atoms with Gasteiger partial charge < -0.3 is 15.8 Å². The molecule has 0 aromatic rings. The molecule has 2 aliphatic rings. The van der Waals surface area contributed by atoms with Crippen molar-refractivity contribution in [2.45, 2.75) is 44.2 Å². The Morgan fingerprint density at radius 2 is 2.20 bits per heavy atom. The Labute approximate surface area is 90.5 Å². The molecule has 0 bridgehead atoms. The van der Waals surface area contributed by atoms with E-state index in [1.165, 1.54) is 6.42 Å². The average molecular weight is 212 g/mol. The smallest absolute Gasteiger partial charge is 0.234 e. The van der Waals surface area contributed by atoms with E-state index in [0.717, 1.165) is 38.8 Å². The zero-order chi connectivity index (χ0) is 10.7. The molecule has 0 radical (unpaired) electrons. The fraction of sp³-hybridized carbons (Fsp3) is 0.909. The van der Waals surface area contributed by atoms with Crippen LogP contribution in [0.15, 0.2) is 0 Å². The predicted octanol–water partition coefficient (Wildman–Crippen LogP) is 0.409. The molecular formula is C11H20N2O2. The number of amides is 1. The first-order valence-corrected chi connectivity index (χ1v) is 5.91. The highest BCUT2D eigenvalue weighted by Gasteiger charge is 2.31. The Balaban J connectivity index is 1.75. The molecule has 1 aliphatic heterocycles. The van der Waals surface area contributed by atoms with Crippen molar-refractivity contribution in [2.75, 3.05) is 13.2 Å². The van der Waals surface area contributed by atoms with E-state index in [4.69, 9.17) is 10.5 Å². The third-order valence-corrected chi connectivity index (χ3v) is 3.52. The number of primary amides is 1. The predicted molar refractivity (Wildman–Crippen MR) is 57.3 cm³/mol. The molecular weight excluding hydrogens is 192 g/mol. The molecule has 4 heteroatoms. The minimum absolute atomic E-state index is 0.136. The maximum Gasteiger partial charge on any atom is 0.234 e. The first-order chi connectivity index (χ1) is 7.27. The standard InChI is InChI=1S/C11H20N2O2/c12-11(14)10(8-3-1-4-8)13-7-9-5-2-6-15-9/h8-10,13H,1-7H2,(H2,12,14). The van der Waals surface area contributed by atoms with Crippen molar-refractivity contribution in [3.63, 3.8) is 0 Å². The molecule has 4 nitrogen and oxygen atoms in total. The summed E-state index contributed by atoms with van der Waals surface area (Å²) in [5, 5.41) is 3.26. The van der Waals surface area contributed by atoms with Gasteiger partial charge in [-0.05, 0) is 31.6 Å². The van der Waals surface area contributed by atoms with E-state index in [0.29, 0.717) is 5.92 Å². The van der Waals surface area contributed by atoms with Gasteiger partial charge in [0.2, 0.25) is 5.91 Å². The maximum atomic E-state index is 11.3. The van der Waals surface area contributed by atoms with Crippen molar-refractivity contribution in [1.29, 1.82) is 0 Å². The van der Waals surface area contributed by atoms with Gasteiger partial charge in [0, 0.05) is 13.2 Å². The minimum Gasteiger partial charge on any atom is -0.377 e. The largest absolute Gasteiger partial charge is 0.377 e. The summed E-state index contributed by atoms with van der Waals surface area (Å²) in [6.07, 6.45) is 6.01. The molecule has 15 heavy (non-hydrogen) atoms. The fourth-order valence-corrected chi connectivity index (χ4v) is 2.34. The highest BCUT2D eigenvalue weighted by atomic mass is 16.5. The van der Waals surface area contributed by atoms with Crippen molar-refractivity contribution in [1.82, 2.24) is 5.32 Å². The minimum atomic E-state index is -0.210. The van der Waals surface area contributed by atoms with E-state index < -0.39 is 0 Å². The Morgan fingerprint density at radius 3 is 2.67 bits per heavy atom. The Bertz CT molecular complexity index is 223. The molecule has 1 aliphatic carbocycles. The first-order valence-electron chi connectivity index (χ1n) is 5.91. The van der Waals surface area contributed by atoms with E-state index in [2.05, 4.69) is 5.32 Å². The van der Waals surface area contributed by atoms with Crippen LogP contribution in [0.1, 0.15) is 32.1 Å². The molecule has 2 rings (SSSR count). The van der Waals surface area contributed by atoms with Crippen molar-refractivity contribution >= 4 is 5.91 Å². The van der Waals surface area contributed by atoms with Crippen LogP contribution in [0.5, 0.6) is 0 Å². The lowest BCUT2D eigenvalue weighted by molar-refractivity contribution is -0.122. The van der Waals surface area contributed by atoms with Crippen LogP contribution in [-0.2, 0) is 9.53 Å². The van der Waals surface area contributed by atoms with Gasteiger partial charge in [-0.25, -0.2) is 0 Å². The average Bonchev–Trinajstić information content (AvgIpc) is 2.60. The highest BCUT2D eigenvalue weighted by molar-refractivity contribution is 5.80. The van der Waals surface area contributed by atoms with Gasteiger partial charge in [-0.1, -0.05) is 6.42 Å². The molecule has 0 aromatic heterocycles. The molecule has 1 heterocycles. The quantitative estimate of drug-likeness (QED) is 0.693. The van der Waals surface area contributed by atoms with Gasteiger partial charge in [0.15, 0.2) is 0 Å². The van der Waals surface area contributed by atoms with Gasteiger partial charge in [0.1, 0.15) is 0 Å². The van der Waals surface area contributed by atoms with E-state index in [-0.39, 0.29) is 18.1 Å². The van der Waals surface area contributed by atoms with E-state index in [1.807, 2.05) is 0 Å². The van der Waals surface area contributed by atoms with Gasteiger partial charge in [0.05, 0.1) is 12.1 Å². The Hall–Kier alpha value is -0.610. The second kappa shape index (κ2) is 4.94. The number of nitrogens with one attached hydrogen (secondary N) is 1. The lowest BCUT2D eigenvalue weighted by atomic mass is 9.79. The summed E-state index contributed by atoms with van der Waals surface area (Å²) in [6, 6.07) is -0.136. The molecule has 86 valence electrons. The van der Waals surface area contributed by atoms with Gasteiger partial charge in [0.25, 0.3) is 0 Å². The zero-order valence-electron chi connectivity index (χ0n) is 9.08. The van der Waals surface area contributed by atoms with Crippen LogP contribution in [0.2, 0.25) is 0 Å². The summed E-state index contributed by atoms with van der Waals surface area (Å²) in [7, 11) is 0. The zero-order valence-corrected chi connectivity index (χ0v) is 9.08. The molecule has 0 aromatic carbocycles. The van der Waals surface area contributed by atoms with Crippen LogP contribution in [0, 0.1) is 5.92 Å². The number of carbonyl (C=O) groups is 1. The number of ether oxygens (including phenoxy) is 1. The summed E-state index contributed by atoms with van der Waals surface area (Å²) in [5.41, 5.74) is 5.39. The normalized spacial score (nSPS) is 28.7. The Morgan fingerprint density at radius 1 is 1.40 bits per heavy atom. The summed E-state index contributed by atoms with van der Waals surface area (Å²) >= 11 is 0. The van der Waals surface area contributed by atoms with Gasteiger partial charge in [-0.2, -0.15) is 0 Å². The molecule has 3 N–H and O–H groups in total. The summed E-state index contributed by atoms with van der Waals surface area (Å²) in [6.45, 7) is 1.63. The Kier molecular flexibility index (Phi) is 3.59. The number of hydrogen-bond acceptors (Lipinski definition) is 3. The van der Waals surface area contributed by atoms with E-state index >= 15 is 0 Å². The summed E-state index contributed by atoms with van der Waals surface area (Å²) in [5.74, 6) is 0.251. The van der Waals surface area contributed by atoms with Crippen LogP contribution in [-0.4, -0.2) is 31.2 Å². The molecule has 1 amide bonds. The van der Waals surface area contributed by atoms with Crippen LogP contribution < -0.4 is 11.1 Å². The van der Waals surface area contributed by atoms with Crippen molar-refractivity contribution in [3.05, 3.63) is 0 Å². The van der Waals surface area contributed by atoms with Crippen LogP contribution in [0.25, 0.3) is 0 Å². The molecule has 1 saturated heterocycles. The molecule has 1 saturated carbocycles. The molecule has 2 unspecified atom stereocenters. The summed E-state index contributed by atoms with van der Waals surface area (Å²) < 4.78 is 5.50. The number of carbonyl (C=O) groups excluding carboxylic acids is 1. The molecule has 2 atom stereocenters. The number of rotatable bonds is 5. The lowest BCUT2D eigenvalue weighted by Gasteiger charge is -2.32. The van der Waals surface area contributed by atoms with Gasteiger partial charge >= 0.3 is 0 Å². The van der Waals surface area contributed by atoms with E-state index in [1.54, 1.807) is 0 Å². The second-order valence-electron chi connectivity index (χ2n) is 4.61. The van der Waals surface area contributed by atoms with Crippen LogP contribution >= 0.6 is 0 Å². The fourth-order valence-electron chi connectivity index (χ4n) is 2.34. The first kappa shape index (κ1) is 10.9. The van der Waals surface area contributed by atoms with Crippen molar-refractivity contribution in [2.24, 2.45) is 11.7 Å². The van der Waals surface area contributed by atoms with Crippen molar-refractivity contribution in [3.8, 4) is 0 Å². The van der Waals surface area contributed by atoms with Crippen LogP contribution in [0.3, 0.4) is 0 Å². The highest BCUT2D eigenvalue weighted by Crippen LogP contribution is 2.29. The molecule has 0 spiro atoms. The summed E-state index contributed by atoms with van der Waals surface area (Å²) in [4.78, 5) is 11.3. The van der Waals surface area contributed by atoms with Gasteiger partial charge in [-0.3, -0.25) is 4.79 Å². The maximum absolute atomic E-state index is 11.3. The topological polar surface area (TPSA) is 64.4 Å². The van der Waals surface area contributed by atoms with Crippen LogP contribution in [0.4, 0.5) is 0 Å².